The van der Waals surface area contributed by atoms with Crippen LogP contribution in [0.15, 0.2) is 60.8 Å². The lowest BCUT2D eigenvalue weighted by atomic mass is 10.1. The normalized spacial score (nSPS) is 10.8. The van der Waals surface area contributed by atoms with Crippen LogP contribution in [0.25, 0.3) is 10.8 Å². The van der Waals surface area contributed by atoms with Gasteiger partial charge in [-0.1, -0.05) is 42.5 Å². The van der Waals surface area contributed by atoms with Gasteiger partial charge in [-0.25, -0.2) is 0 Å². The molecule has 0 aliphatic heterocycles. The fourth-order valence-electron chi connectivity index (χ4n) is 2.38. The molecule has 2 aromatic carbocycles. The molecular weight excluding hydrogens is 244 g/mol. The first-order valence-corrected chi connectivity index (χ1v) is 6.92. The number of aryl methyl sites for hydroxylation is 1. The van der Waals surface area contributed by atoms with Gasteiger partial charge in [-0.15, -0.1) is 0 Å². The summed E-state index contributed by atoms with van der Waals surface area (Å²) in [7, 11) is 0. The zero-order valence-corrected chi connectivity index (χ0v) is 11.6. The van der Waals surface area contributed by atoms with Crippen molar-refractivity contribution >= 4 is 10.8 Å². The first-order chi connectivity index (χ1) is 9.83. The zero-order valence-electron chi connectivity index (χ0n) is 11.6. The van der Waals surface area contributed by atoms with Crippen LogP contribution < -0.4 is 5.32 Å². The lowest BCUT2D eigenvalue weighted by Crippen LogP contribution is -2.14. The SMILES string of the molecule is Cc1cccnc1CNCc1ccc2ccccc2c1. The fourth-order valence-corrected chi connectivity index (χ4v) is 2.38. The molecule has 0 spiro atoms. The maximum absolute atomic E-state index is 4.40. The maximum Gasteiger partial charge on any atom is 0.0570 e. The first kappa shape index (κ1) is 12.8. The predicted octanol–water partition coefficient (Wildman–Crippen LogP) is 3.83. The van der Waals surface area contributed by atoms with Gasteiger partial charge in [0, 0.05) is 19.3 Å². The Balaban J connectivity index is 1.67. The summed E-state index contributed by atoms with van der Waals surface area (Å²) >= 11 is 0. The molecule has 3 aromatic rings. The number of hydrogen-bond donors (Lipinski definition) is 1. The summed E-state index contributed by atoms with van der Waals surface area (Å²) in [5.41, 5.74) is 3.66. The van der Waals surface area contributed by atoms with Crippen LogP contribution in [0.1, 0.15) is 16.8 Å². The van der Waals surface area contributed by atoms with E-state index in [0.29, 0.717) is 0 Å². The van der Waals surface area contributed by atoms with Crippen LogP contribution in [-0.2, 0) is 13.1 Å². The van der Waals surface area contributed by atoms with Gasteiger partial charge in [0.25, 0.3) is 0 Å². The summed E-state index contributed by atoms with van der Waals surface area (Å²) in [5, 5.41) is 6.04. The average molecular weight is 262 g/mol. The molecule has 1 heterocycles. The number of pyridine rings is 1. The summed E-state index contributed by atoms with van der Waals surface area (Å²) < 4.78 is 0. The van der Waals surface area contributed by atoms with E-state index < -0.39 is 0 Å². The molecular formula is C18H18N2. The van der Waals surface area contributed by atoms with Gasteiger partial charge in [0.15, 0.2) is 0 Å². The van der Waals surface area contributed by atoms with E-state index in [9.17, 15) is 0 Å². The van der Waals surface area contributed by atoms with Crippen molar-refractivity contribution in [3.63, 3.8) is 0 Å². The van der Waals surface area contributed by atoms with Crippen LogP contribution in [0.5, 0.6) is 0 Å². The maximum atomic E-state index is 4.40. The van der Waals surface area contributed by atoms with E-state index in [1.807, 2.05) is 12.3 Å². The number of benzene rings is 2. The highest BCUT2D eigenvalue weighted by Gasteiger charge is 1.99. The molecule has 3 rings (SSSR count). The number of nitrogens with one attached hydrogen (secondary N) is 1. The molecule has 0 aliphatic rings. The van der Waals surface area contributed by atoms with Gasteiger partial charge >= 0.3 is 0 Å². The second-order valence-corrected chi connectivity index (χ2v) is 5.05. The van der Waals surface area contributed by atoms with E-state index in [4.69, 9.17) is 0 Å². The van der Waals surface area contributed by atoms with Gasteiger partial charge in [0.2, 0.25) is 0 Å². The summed E-state index contributed by atoms with van der Waals surface area (Å²) in [4.78, 5) is 4.40. The Bertz CT molecular complexity index is 719. The van der Waals surface area contributed by atoms with Crippen molar-refractivity contribution in [2.75, 3.05) is 0 Å². The summed E-state index contributed by atoms with van der Waals surface area (Å²) in [6.07, 6.45) is 1.85. The third-order valence-corrected chi connectivity index (χ3v) is 3.55. The van der Waals surface area contributed by atoms with E-state index in [2.05, 4.69) is 65.8 Å². The second-order valence-electron chi connectivity index (χ2n) is 5.05. The van der Waals surface area contributed by atoms with Crippen molar-refractivity contribution < 1.29 is 0 Å². The van der Waals surface area contributed by atoms with Gasteiger partial charge < -0.3 is 5.32 Å². The first-order valence-electron chi connectivity index (χ1n) is 6.92. The van der Waals surface area contributed by atoms with Gasteiger partial charge in [0.05, 0.1) is 5.69 Å². The minimum absolute atomic E-state index is 0.805. The molecule has 100 valence electrons. The number of fused-ring (bicyclic) bond motifs is 1. The van der Waals surface area contributed by atoms with E-state index in [1.54, 1.807) is 0 Å². The largest absolute Gasteiger partial charge is 0.307 e. The smallest absolute Gasteiger partial charge is 0.0570 e. The average Bonchev–Trinajstić information content (AvgIpc) is 2.49. The summed E-state index contributed by atoms with van der Waals surface area (Å²) in [5.74, 6) is 0. The molecule has 1 N–H and O–H groups in total. The molecule has 2 heteroatoms. The Morgan fingerprint density at radius 2 is 1.75 bits per heavy atom. The highest BCUT2D eigenvalue weighted by atomic mass is 14.9. The third kappa shape index (κ3) is 2.86. The molecule has 0 saturated heterocycles. The van der Waals surface area contributed by atoms with Crippen LogP contribution in [0.4, 0.5) is 0 Å². The summed E-state index contributed by atoms with van der Waals surface area (Å²) in [6.45, 7) is 3.76. The molecule has 0 aliphatic carbocycles. The highest BCUT2D eigenvalue weighted by Crippen LogP contribution is 2.15. The van der Waals surface area contributed by atoms with Crippen molar-refractivity contribution in [1.29, 1.82) is 0 Å². The molecule has 0 saturated carbocycles. The highest BCUT2D eigenvalue weighted by molar-refractivity contribution is 5.82. The van der Waals surface area contributed by atoms with Crippen molar-refractivity contribution in [3.05, 3.63) is 77.6 Å². The Labute approximate surface area is 119 Å². The molecule has 0 radical (unpaired) electrons. The van der Waals surface area contributed by atoms with E-state index in [0.717, 1.165) is 18.8 Å². The van der Waals surface area contributed by atoms with Crippen LogP contribution >= 0.6 is 0 Å². The molecule has 0 fully saturated rings. The van der Waals surface area contributed by atoms with Crippen LogP contribution in [0, 0.1) is 6.92 Å². The van der Waals surface area contributed by atoms with E-state index in [-0.39, 0.29) is 0 Å². The fraction of sp³-hybridized carbons (Fsp3) is 0.167. The monoisotopic (exact) mass is 262 g/mol. The Kier molecular flexibility index (Phi) is 3.75. The molecule has 0 unspecified atom stereocenters. The van der Waals surface area contributed by atoms with E-state index in [1.165, 1.54) is 21.9 Å². The van der Waals surface area contributed by atoms with Crippen molar-refractivity contribution in [2.24, 2.45) is 0 Å². The lowest BCUT2D eigenvalue weighted by Gasteiger charge is -2.07. The van der Waals surface area contributed by atoms with Crippen LogP contribution in [-0.4, -0.2) is 4.98 Å². The molecule has 2 nitrogen and oxygen atoms in total. The number of nitrogens with zero attached hydrogens (tertiary/aromatic N) is 1. The van der Waals surface area contributed by atoms with Crippen molar-refractivity contribution in [2.45, 2.75) is 20.0 Å². The molecule has 0 amide bonds. The molecule has 1 aromatic heterocycles. The van der Waals surface area contributed by atoms with Crippen LogP contribution in [0.3, 0.4) is 0 Å². The van der Waals surface area contributed by atoms with E-state index >= 15 is 0 Å². The Hall–Kier alpha value is -2.19. The minimum atomic E-state index is 0.805. The third-order valence-electron chi connectivity index (χ3n) is 3.55. The van der Waals surface area contributed by atoms with Crippen molar-refractivity contribution in [3.8, 4) is 0 Å². The Morgan fingerprint density at radius 1 is 0.900 bits per heavy atom. The lowest BCUT2D eigenvalue weighted by molar-refractivity contribution is 0.677. The summed E-state index contributed by atoms with van der Waals surface area (Å²) in [6, 6.07) is 19.1. The quantitative estimate of drug-likeness (QED) is 0.773. The molecule has 20 heavy (non-hydrogen) atoms. The van der Waals surface area contributed by atoms with Crippen LogP contribution in [0.2, 0.25) is 0 Å². The Morgan fingerprint density at radius 3 is 2.60 bits per heavy atom. The standard InChI is InChI=1S/C18H18N2/c1-14-5-4-10-20-18(14)13-19-12-15-8-9-16-6-2-3-7-17(16)11-15/h2-11,19H,12-13H2,1H3. The van der Waals surface area contributed by atoms with Gasteiger partial charge in [-0.3, -0.25) is 4.98 Å². The number of rotatable bonds is 4. The number of hydrogen-bond acceptors (Lipinski definition) is 2. The predicted molar refractivity (Wildman–Crippen MR) is 83.5 cm³/mol. The molecule has 0 atom stereocenters. The van der Waals surface area contributed by atoms with Gasteiger partial charge in [-0.2, -0.15) is 0 Å². The number of aromatic nitrogens is 1. The van der Waals surface area contributed by atoms with Crippen molar-refractivity contribution in [1.82, 2.24) is 10.3 Å². The zero-order chi connectivity index (χ0) is 13.8. The van der Waals surface area contributed by atoms with Gasteiger partial charge in [-0.05, 0) is 41.0 Å². The second kappa shape index (κ2) is 5.85. The minimum Gasteiger partial charge on any atom is -0.307 e. The topological polar surface area (TPSA) is 24.9 Å². The molecule has 0 bridgehead atoms. The van der Waals surface area contributed by atoms with Gasteiger partial charge in [0.1, 0.15) is 0 Å².